The van der Waals surface area contributed by atoms with Crippen LogP contribution in [0.5, 0.6) is 0 Å². The van der Waals surface area contributed by atoms with Crippen LogP contribution in [-0.4, -0.2) is 19.5 Å². The summed E-state index contributed by atoms with van der Waals surface area (Å²) < 4.78 is 15.2. The van der Waals surface area contributed by atoms with E-state index in [9.17, 15) is 9.18 Å². The van der Waals surface area contributed by atoms with Crippen molar-refractivity contribution in [1.82, 2.24) is 19.5 Å². The van der Waals surface area contributed by atoms with Crippen molar-refractivity contribution in [2.75, 3.05) is 0 Å². The fourth-order valence-electron chi connectivity index (χ4n) is 2.72. The molecule has 0 radical (unpaired) electrons. The van der Waals surface area contributed by atoms with Crippen molar-refractivity contribution in [3.05, 3.63) is 56.7 Å². The zero-order valence-electron chi connectivity index (χ0n) is 13.8. The topological polar surface area (TPSA) is 60.7 Å². The molecule has 0 N–H and O–H groups in total. The first-order valence-corrected chi connectivity index (χ1v) is 7.90. The van der Waals surface area contributed by atoms with E-state index >= 15 is 0 Å². The van der Waals surface area contributed by atoms with E-state index in [0.717, 1.165) is 11.3 Å². The van der Waals surface area contributed by atoms with Crippen molar-refractivity contribution in [1.29, 1.82) is 0 Å². The highest BCUT2D eigenvalue weighted by atomic mass is 35.5. The summed E-state index contributed by atoms with van der Waals surface area (Å²) in [6.45, 7) is 7.50. The molecule has 0 saturated heterocycles. The fourth-order valence-corrected chi connectivity index (χ4v) is 2.86. The van der Waals surface area contributed by atoms with Crippen LogP contribution < -0.4 is 5.69 Å². The minimum Gasteiger partial charge on any atom is -0.259 e. The Morgan fingerprint density at radius 2 is 1.96 bits per heavy atom. The average molecular weight is 347 g/mol. The van der Waals surface area contributed by atoms with Gasteiger partial charge in [0.05, 0.1) is 17.1 Å². The minimum atomic E-state index is -0.647. The molecule has 5 nitrogen and oxygen atoms in total. The minimum absolute atomic E-state index is 0.0825. The largest absolute Gasteiger partial charge is 0.354 e. The van der Waals surface area contributed by atoms with Crippen LogP contribution in [0.4, 0.5) is 4.39 Å². The Hall–Kier alpha value is -2.34. The maximum absolute atomic E-state index is 13.8. The molecule has 3 aromatic heterocycles. The van der Waals surface area contributed by atoms with Gasteiger partial charge in [-0.15, -0.1) is 0 Å². The van der Waals surface area contributed by atoms with Gasteiger partial charge in [-0.1, -0.05) is 25.4 Å². The van der Waals surface area contributed by atoms with Crippen LogP contribution in [0, 0.1) is 19.7 Å². The van der Waals surface area contributed by atoms with E-state index in [1.165, 1.54) is 10.6 Å². The van der Waals surface area contributed by atoms with Crippen molar-refractivity contribution in [2.45, 2.75) is 33.6 Å². The molecular formula is C17H16ClFN4O. The van der Waals surface area contributed by atoms with Crippen LogP contribution in [0.15, 0.2) is 23.1 Å². The Kier molecular flexibility index (Phi) is 4.09. The van der Waals surface area contributed by atoms with Crippen molar-refractivity contribution in [2.24, 2.45) is 0 Å². The number of fused-ring (bicyclic) bond motifs is 1. The van der Waals surface area contributed by atoms with Crippen LogP contribution in [0.2, 0.25) is 5.15 Å². The van der Waals surface area contributed by atoms with E-state index in [0.29, 0.717) is 16.8 Å². The number of pyridine rings is 2. The molecule has 3 rings (SSSR count). The number of hydrogen-bond donors (Lipinski definition) is 0. The van der Waals surface area contributed by atoms with Gasteiger partial charge in [0, 0.05) is 11.6 Å². The molecule has 0 bridgehead atoms. The maximum Gasteiger partial charge on any atom is 0.354 e. The summed E-state index contributed by atoms with van der Waals surface area (Å²) in [7, 11) is 0. The van der Waals surface area contributed by atoms with E-state index < -0.39 is 11.5 Å². The second-order valence-electron chi connectivity index (χ2n) is 5.96. The molecule has 3 heterocycles. The molecule has 0 spiro atoms. The lowest BCUT2D eigenvalue weighted by molar-refractivity contribution is 0.623. The quantitative estimate of drug-likeness (QED) is 0.664. The summed E-state index contributed by atoms with van der Waals surface area (Å²) in [5.41, 5.74) is 2.40. The summed E-state index contributed by atoms with van der Waals surface area (Å²) in [5.74, 6) is -0.565. The Balaban J connectivity index is 2.53. The van der Waals surface area contributed by atoms with Gasteiger partial charge in [0.2, 0.25) is 0 Å². The third-order valence-corrected chi connectivity index (χ3v) is 4.16. The van der Waals surface area contributed by atoms with Gasteiger partial charge in [-0.3, -0.25) is 4.98 Å². The predicted molar refractivity (Wildman–Crippen MR) is 91.5 cm³/mol. The summed E-state index contributed by atoms with van der Waals surface area (Å²) in [4.78, 5) is 25.1. The first-order chi connectivity index (χ1) is 11.3. The Bertz CT molecular complexity index is 1010. The Morgan fingerprint density at radius 1 is 1.25 bits per heavy atom. The highest BCUT2D eigenvalue weighted by Crippen LogP contribution is 2.27. The van der Waals surface area contributed by atoms with Crippen molar-refractivity contribution >= 4 is 22.6 Å². The fraction of sp³-hybridized carbons (Fsp3) is 0.294. The highest BCUT2D eigenvalue weighted by Gasteiger charge is 2.19. The smallest absolute Gasteiger partial charge is 0.259 e. The predicted octanol–water partition coefficient (Wildman–Crippen LogP) is 3.71. The first-order valence-electron chi connectivity index (χ1n) is 7.52. The number of rotatable bonds is 2. The molecule has 0 unspecified atom stereocenters. The summed E-state index contributed by atoms with van der Waals surface area (Å²) >= 11 is 5.86. The zero-order chi connectivity index (χ0) is 17.6. The molecule has 0 aliphatic heterocycles. The van der Waals surface area contributed by atoms with Crippen LogP contribution in [0.3, 0.4) is 0 Å². The molecule has 0 aliphatic carbocycles. The van der Waals surface area contributed by atoms with Gasteiger partial charge < -0.3 is 0 Å². The SMILES string of the molecule is Cc1ccnc(C(C)C)c1-n1c(=O)nc(C)c2cc(F)c(Cl)nc21. The van der Waals surface area contributed by atoms with Crippen LogP contribution >= 0.6 is 11.6 Å². The molecular weight excluding hydrogens is 331 g/mol. The van der Waals surface area contributed by atoms with E-state index in [4.69, 9.17) is 11.6 Å². The van der Waals surface area contributed by atoms with E-state index in [1.807, 2.05) is 26.8 Å². The molecule has 124 valence electrons. The van der Waals surface area contributed by atoms with Crippen molar-refractivity contribution < 1.29 is 4.39 Å². The first kappa shape index (κ1) is 16.5. The van der Waals surface area contributed by atoms with Crippen molar-refractivity contribution in [3.8, 4) is 5.69 Å². The molecule has 0 saturated carbocycles. The van der Waals surface area contributed by atoms with Gasteiger partial charge >= 0.3 is 5.69 Å². The summed E-state index contributed by atoms with van der Waals surface area (Å²) in [6.07, 6.45) is 1.70. The third-order valence-electron chi connectivity index (χ3n) is 3.89. The third kappa shape index (κ3) is 2.57. The highest BCUT2D eigenvalue weighted by molar-refractivity contribution is 6.29. The number of aryl methyl sites for hydroxylation is 2. The van der Waals surface area contributed by atoms with E-state index in [-0.39, 0.29) is 16.7 Å². The Morgan fingerprint density at radius 3 is 2.62 bits per heavy atom. The van der Waals surface area contributed by atoms with Crippen LogP contribution in [0.25, 0.3) is 16.7 Å². The number of aromatic nitrogens is 4. The number of halogens is 2. The number of hydrogen-bond acceptors (Lipinski definition) is 4. The van der Waals surface area contributed by atoms with Gasteiger partial charge in [0.1, 0.15) is 0 Å². The van der Waals surface area contributed by atoms with Crippen LogP contribution in [-0.2, 0) is 0 Å². The molecule has 3 aromatic rings. The lowest BCUT2D eigenvalue weighted by atomic mass is 10.0. The molecule has 7 heteroatoms. The standard InChI is InChI=1S/C17H16ClFN4O/c1-8(2)13-14(9(3)5-6-20-13)23-16-11(10(4)21-17(23)24)7-12(19)15(18)22-16/h5-8H,1-4H3. The second-order valence-corrected chi connectivity index (χ2v) is 6.32. The summed E-state index contributed by atoms with van der Waals surface area (Å²) in [6, 6.07) is 3.06. The summed E-state index contributed by atoms with van der Waals surface area (Å²) in [5, 5.41) is 0.156. The molecule has 0 aliphatic rings. The van der Waals surface area contributed by atoms with Crippen LogP contribution in [0.1, 0.15) is 36.7 Å². The molecule has 0 amide bonds. The lowest BCUT2D eigenvalue weighted by Crippen LogP contribution is -2.26. The van der Waals surface area contributed by atoms with Gasteiger partial charge in [-0.2, -0.15) is 4.98 Å². The molecule has 0 fully saturated rings. The molecule has 24 heavy (non-hydrogen) atoms. The van der Waals surface area contributed by atoms with Gasteiger partial charge in [-0.05, 0) is 37.5 Å². The molecule has 0 aromatic carbocycles. The molecule has 0 atom stereocenters. The normalized spacial score (nSPS) is 11.5. The van der Waals surface area contributed by atoms with Gasteiger partial charge in [-0.25, -0.2) is 18.7 Å². The van der Waals surface area contributed by atoms with Gasteiger partial charge in [0.15, 0.2) is 16.6 Å². The van der Waals surface area contributed by atoms with E-state index in [1.54, 1.807) is 13.1 Å². The van der Waals surface area contributed by atoms with Gasteiger partial charge in [0.25, 0.3) is 0 Å². The average Bonchev–Trinajstić information content (AvgIpc) is 2.50. The lowest BCUT2D eigenvalue weighted by Gasteiger charge is -2.17. The second kappa shape index (κ2) is 5.94. The monoisotopic (exact) mass is 346 g/mol. The zero-order valence-corrected chi connectivity index (χ0v) is 14.5. The van der Waals surface area contributed by atoms with Crippen molar-refractivity contribution in [3.63, 3.8) is 0 Å². The van der Waals surface area contributed by atoms with E-state index in [2.05, 4.69) is 15.0 Å². The number of nitrogens with zero attached hydrogens (tertiary/aromatic N) is 4. The maximum atomic E-state index is 13.8. The Labute approximate surface area is 143 Å².